The Hall–Kier alpha value is -3.90. The number of aryl methyl sites for hydroxylation is 1. The zero-order chi connectivity index (χ0) is 25.8. The lowest BCUT2D eigenvalue weighted by Crippen LogP contribution is -2.45. The molecule has 2 unspecified atom stereocenters. The van der Waals surface area contributed by atoms with Crippen molar-refractivity contribution in [1.29, 1.82) is 0 Å². The summed E-state index contributed by atoms with van der Waals surface area (Å²) in [6.45, 7) is 2.65. The molecule has 190 valence electrons. The molecule has 3 heterocycles. The highest BCUT2D eigenvalue weighted by Crippen LogP contribution is 2.38. The number of methoxy groups -OCH3 is 1. The van der Waals surface area contributed by atoms with Crippen LogP contribution in [0.25, 0.3) is 0 Å². The maximum Gasteiger partial charge on any atom is 0.273 e. The first-order valence-electron chi connectivity index (χ1n) is 11.3. The number of hydrogen-bond acceptors (Lipinski definition) is 9. The van der Waals surface area contributed by atoms with Crippen LogP contribution >= 0.6 is 11.5 Å². The second-order valence-electron chi connectivity index (χ2n) is 8.22. The summed E-state index contributed by atoms with van der Waals surface area (Å²) < 4.78 is 20.9. The second kappa shape index (κ2) is 10.8. The quantitative estimate of drug-likeness (QED) is 0.393. The molecular formula is C24H27N5O6S. The van der Waals surface area contributed by atoms with E-state index in [1.807, 2.05) is 0 Å². The van der Waals surface area contributed by atoms with Crippen molar-refractivity contribution in [2.45, 2.75) is 31.9 Å². The molecule has 3 amide bonds. The highest BCUT2D eigenvalue weighted by atomic mass is 32.1. The number of para-hydroxylation sites is 2. The van der Waals surface area contributed by atoms with Crippen molar-refractivity contribution >= 4 is 40.6 Å². The molecule has 0 spiro atoms. The van der Waals surface area contributed by atoms with Gasteiger partial charge in [-0.1, -0.05) is 12.1 Å². The van der Waals surface area contributed by atoms with Crippen molar-refractivity contribution in [3.05, 3.63) is 58.5 Å². The molecule has 4 rings (SSSR count). The molecule has 3 aromatic rings. The van der Waals surface area contributed by atoms with Crippen LogP contribution in [0.5, 0.6) is 5.75 Å². The molecule has 1 saturated heterocycles. The predicted molar refractivity (Wildman–Crippen MR) is 133 cm³/mol. The normalized spacial score (nSPS) is 15.9. The van der Waals surface area contributed by atoms with Gasteiger partial charge >= 0.3 is 0 Å². The summed E-state index contributed by atoms with van der Waals surface area (Å²) in [6, 6.07) is 8.84. The lowest BCUT2D eigenvalue weighted by molar-refractivity contribution is -0.123. The smallest absolute Gasteiger partial charge is 0.273 e. The fourth-order valence-corrected chi connectivity index (χ4v) is 4.77. The molecule has 1 fully saturated rings. The summed E-state index contributed by atoms with van der Waals surface area (Å²) in [4.78, 5) is 40.6. The fraction of sp³-hybridized carbons (Fsp3) is 0.333. The number of primary amides is 1. The van der Waals surface area contributed by atoms with Gasteiger partial charge < -0.3 is 30.7 Å². The Kier molecular flexibility index (Phi) is 7.55. The largest absolute Gasteiger partial charge is 0.495 e. The second-order valence-corrected chi connectivity index (χ2v) is 8.99. The highest BCUT2D eigenvalue weighted by Gasteiger charge is 2.39. The van der Waals surface area contributed by atoms with Gasteiger partial charge in [0.2, 0.25) is 0 Å². The number of amides is 3. The van der Waals surface area contributed by atoms with Gasteiger partial charge in [0.05, 0.1) is 24.6 Å². The van der Waals surface area contributed by atoms with Crippen molar-refractivity contribution in [3.63, 3.8) is 0 Å². The zero-order valence-electron chi connectivity index (χ0n) is 19.9. The van der Waals surface area contributed by atoms with Crippen LogP contribution in [-0.4, -0.2) is 48.5 Å². The highest BCUT2D eigenvalue weighted by molar-refractivity contribution is 7.09. The number of nitrogen functional groups attached to an aromatic ring is 1. The van der Waals surface area contributed by atoms with Gasteiger partial charge in [-0.15, -0.1) is 0 Å². The summed E-state index contributed by atoms with van der Waals surface area (Å²) in [5.74, 6) is -0.897. The maximum absolute atomic E-state index is 14.0. The van der Waals surface area contributed by atoms with E-state index in [0.29, 0.717) is 23.8 Å². The van der Waals surface area contributed by atoms with Crippen molar-refractivity contribution < 1.29 is 28.3 Å². The molecule has 0 aliphatic carbocycles. The number of anilines is 2. The van der Waals surface area contributed by atoms with Gasteiger partial charge in [0.15, 0.2) is 11.7 Å². The molecule has 0 saturated carbocycles. The van der Waals surface area contributed by atoms with Crippen molar-refractivity contribution in [2.75, 3.05) is 30.9 Å². The van der Waals surface area contributed by atoms with Crippen molar-refractivity contribution in [1.82, 2.24) is 9.69 Å². The van der Waals surface area contributed by atoms with Crippen LogP contribution in [0.2, 0.25) is 0 Å². The molecule has 0 radical (unpaired) electrons. The number of aromatic nitrogens is 1. The number of furan rings is 1. The fourth-order valence-electron chi connectivity index (χ4n) is 4.02. The predicted octanol–water partition coefficient (Wildman–Crippen LogP) is 2.42. The molecule has 2 atom stereocenters. The summed E-state index contributed by atoms with van der Waals surface area (Å²) in [5.41, 5.74) is 11.4. The molecule has 2 aromatic heterocycles. The number of ether oxygens (including phenoxy) is 2. The topological polar surface area (TPSA) is 163 Å². The van der Waals surface area contributed by atoms with Crippen LogP contribution in [0.15, 0.2) is 40.8 Å². The molecule has 5 N–H and O–H groups in total. The lowest BCUT2D eigenvalue weighted by atomic mass is 10.1. The molecule has 1 aromatic carbocycles. The first-order chi connectivity index (χ1) is 17.3. The van der Waals surface area contributed by atoms with Gasteiger partial charge in [-0.25, -0.2) is 0 Å². The number of nitrogens with one attached hydrogen (secondary N) is 1. The third-order valence-electron chi connectivity index (χ3n) is 5.78. The number of nitrogens with two attached hydrogens (primary N) is 2. The third kappa shape index (κ3) is 5.04. The van der Waals surface area contributed by atoms with E-state index >= 15 is 0 Å². The molecule has 36 heavy (non-hydrogen) atoms. The number of benzene rings is 1. The Labute approximate surface area is 211 Å². The van der Waals surface area contributed by atoms with Crippen molar-refractivity contribution in [2.24, 2.45) is 5.73 Å². The summed E-state index contributed by atoms with van der Waals surface area (Å²) in [6.07, 6.45) is 1.63. The standard InChI is InChI=1S/C24H27N5O6S/c1-13-9-10-17(35-13)20(23(31)27-12-14-6-5-11-34-14)29(15-7-3-4-8-16(15)33-2)24(32)21-18(25)19(22(26)30)28-36-21/h3-4,7-10,14,20H,5-6,11-12,25H2,1-2H3,(H2,26,30)(H,27,31). The average Bonchev–Trinajstić information content (AvgIpc) is 3.62. The Morgan fingerprint density at radius 2 is 2.06 bits per heavy atom. The summed E-state index contributed by atoms with van der Waals surface area (Å²) in [7, 11) is 1.46. The Balaban J connectivity index is 1.82. The molecule has 12 heteroatoms. The SMILES string of the molecule is COc1ccccc1N(C(=O)c1snc(C(N)=O)c1N)C(C(=O)NCC1CCCO1)c1ccc(C)o1. The minimum atomic E-state index is -1.23. The van der Waals surface area contributed by atoms with E-state index in [9.17, 15) is 14.4 Å². The molecule has 1 aliphatic heterocycles. The first kappa shape index (κ1) is 25.2. The molecule has 0 bridgehead atoms. The zero-order valence-corrected chi connectivity index (χ0v) is 20.7. The van der Waals surface area contributed by atoms with Gasteiger partial charge in [-0.05, 0) is 55.6 Å². The van der Waals surface area contributed by atoms with E-state index in [1.165, 1.54) is 12.0 Å². The molecular weight excluding hydrogens is 486 g/mol. The maximum atomic E-state index is 14.0. The van der Waals surface area contributed by atoms with Crippen LogP contribution in [-0.2, 0) is 9.53 Å². The van der Waals surface area contributed by atoms with Gasteiger partial charge in [-0.2, -0.15) is 4.37 Å². The van der Waals surface area contributed by atoms with Crippen LogP contribution in [0.1, 0.15) is 50.6 Å². The number of rotatable bonds is 9. The van der Waals surface area contributed by atoms with E-state index < -0.39 is 23.8 Å². The van der Waals surface area contributed by atoms with E-state index in [1.54, 1.807) is 43.3 Å². The number of carbonyl (C=O) groups is 3. The van der Waals surface area contributed by atoms with Gasteiger partial charge in [0, 0.05) is 13.2 Å². The van der Waals surface area contributed by atoms with Crippen LogP contribution in [0.4, 0.5) is 11.4 Å². The van der Waals surface area contributed by atoms with E-state index in [4.69, 9.17) is 25.4 Å². The average molecular weight is 514 g/mol. The Morgan fingerprint density at radius 3 is 2.67 bits per heavy atom. The minimum absolute atomic E-state index is 0.0464. The summed E-state index contributed by atoms with van der Waals surface area (Å²) in [5, 5.41) is 2.89. The van der Waals surface area contributed by atoms with Crippen LogP contribution < -0.4 is 26.4 Å². The Bertz CT molecular complexity index is 1270. The van der Waals surface area contributed by atoms with Gasteiger partial charge in [0.25, 0.3) is 17.7 Å². The van der Waals surface area contributed by atoms with Crippen LogP contribution in [0, 0.1) is 6.92 Å². The molecule has 1 aliphatic rings. The molecule has 11 nitrogen and oxygen atoms in total. The number of carbonyl (C=O) groups excluding carboxylic acids is 3. The Morgan fingerprint density at radius 1 is 1.28 bits per heavy atom. The van der Waals surface area contributed by atoms with Gasteiger partial charge in [0.1, 0.15) is 22.1 Å². The van der Waals surface area contributed by atoms with Crippen molar-refractivity contribution in [3.8, 4) is 5.75 Å². The number of nitrogens with zero attached hydrogens (tertiary/aromatic N) is 2. The number of hydrogen-bond donors (Lipinski definition) is 3. The van der Waals surface area contributed by atoms with Gasteiger partial charge in [-0.3, -0.25) is 19.3 Å². The third-order valence-corrected chi connectivity index (χ3v) is 6.64. The van der Waals surface area contributed by atoms with E-state index in [2.05, 4.69) is 9.69 Å². The van der Waals surface area contributed by atoms with E-state index in [-0.39, 0.29) is 34.7 Å². The first-order valence-corrected chi connectivity index (χ1v) is 12.1. The monoisotopic (exact) mass is 513 g/mol. The summed E-state index contributed by atoms with van der Waals surface area (Å²) >= 11 is 0.722. The van der Waals surface area contributed by atoms with E-state index in [0.717, 1.165) is 24.4 Å². The van der Waals surface area contributed by atoms with Crippen LogP contribution in [0.3, 0.4) is 0 Å². The minimum Gasteiger partial charge on any atom is -0.495 e. The lowest BCUT2D eigenvalue weighted by Gasteiger charge is -2.31.